The van der Waals surface area contributed by atoms with Crippen LogP contribution in [-0.2, 0) is 6.42 Å². The zero-order valence-electron chi connectivity index (χ0n) is 10.4. The van der Waals surface area contributed by atoms with Gasteiger partial charge in [-0.2, -0.15) is 0 Å². The van der Waals surface area contributed by atoms with Gasteiger partial charge in [0, 0.05) is 6.20 Å². The third-order valence-corrected chi connectivity index (χ3v) is 3.04. The largest absolute Gasteiger partial charge is 0.497 e. The zero-order chi connectivity index (χ0) is 13.0. The highest BCUT2D eigenvalue weighted by Crippen LogP contribution is 2.22. The third-order valence-electron chi connectivity index (χ3n) is 2.86. The van der Waals surface area contributed by atoms with Crippen molar-refractivity contribution in [2.75, 3.05) is 7.11 Å². The highest BCUT2D eigenvalue weighted by molar-refractivity contribution is 6.29. The number of halogens is 1. The highest BCUT2D eigenvalue weighted by atomic mass is 35.5. The summed E-state index contributed by atoms with van der Waals surface area (Å²) in [6.07, 6.45) is 4.12. The van der Waals surface area contributed by atoms with Gasteiger partial charge in [0.1, 0.15) is 10.9 Å². The van der Waals surface area contributed by atoms with Crippen molar-refractivity contribution in [3.8, 4) is 5.75 Å². The molecule has 0 bridgehead atoms. The summed E-state index contributed by atoms with van der Waals surface area (Å²) in [6.45, 7) is 2.16. The molecule has 1 atom stereocenters. The molecule has 0 fully saturated rings. The summed E-state index contributed by atoms with van der Waals surface area (Å²) >= 11 is 5.82. The van der Waals surface area contributed by atoms with Crippen LogP contribution in [0.1, 0.15) is 24.1 Å². The molecule has 0 aliphatic carbocycles. The Kier molecular flexibility index (Phi) is 4.15. The van der Waals surface area contributed by atoms with Crippen molar-refractivity contribution in [2.24, 2.45) is 0 Å². The number of methoxy groups -OCH3 is 1. The van der Waals surface area contributed by atoms with Gasteiger partial charge < -0.3 is 4.74 Å². The fourth-order valence-electron chi connectivity index (χ4n) is 1.84. The Hall–Kier alpha value is -1.61. The molecule has 0 spiro atoms. The minimum absolute atomic E-state index is 0.365. The van der Waals surface area contributed by atoms with Gasteiger partial charge in [-0.15, -0.1) is 0 Å². The normalized spacial score (nSPS) is 12.2. The summed E-state index contributed by atoms with van der Waals surface area (Å²) in [4.78, 5) is 8.29. The van der Waals surface area contributed by atoms with Crippen LogP contribution in [-0.4, -0.2) is 17.1 Å². The van der Waals surface area contributed by atoms with Crippen molar-refractivity contribution < 1.29 is 4.74 Å². The van der Waals surface area contributed by atoms with Crippen LogP contribution in [0.3, 0.4) is 0 Å². The molecule has 0 aliphatic rings. The van der Waals surface area contributed by atoms with Crippen LogP contribution in [0.15, 0.2) is 36.7 Å². The summed E-state index contributed by atoms with van der Waals surface area (Å²) in [6, 6.07) is 8.08. The van der Waals surface area contributed by atoms with Gasteiger partial charge in [-0.3, -0.25) is 4.98 Å². The molecule has 0 radical (unpaired) electrons. The average Bonchev–Trinajstić information content (AvgIpc) is 2.39. The fraction of sp³-hybridized carbons (Fsp3) is 0.286. The summed E-state index contributed by atoms with van der Waals surface area (Å²) in [7, 11) is 1.67. The van der Waals surface area contributed by atoms with Crippen LogP contribution >= 0.6 is 11.6 Å². The molecule has 0 amide bonds. The standard InChI is InChI=1S/C14H15ClN2O/c1-10(7-12-8-16-9-14(15)17-12)11-3-5-13(18-2)6-4-11/h3-6,8-10H,7H2,1-2H3/t10-/m0/s1. The zero-order valence-corrected chi connectivity index (χ0v) is 11.2. The number of benzene rings is 1. The van der Waals surface area contributed by atoms with Gasteiger partial charge in [-0.1, -0.05) is 30.7 Å². The lowest BCUT2D eigenvalue weighted by Gasteiger charge is -2.11. The van der Waals surface area contributed by atoms with Gasteiger partial charge in [-0.05, 0) is 30.0 Å². The Morgan fingerprint density at radius 2 is 1.94 bits per heavy atom. The van der Waals surface area contributed by atoms with Crippen LogP contribution in [0.5, 0.6) is 5.75 Å². The van der Waals surface area contributed by atoms with Gasteiger partial charge in [-0.25, -0.2) is 4.98 Å². The monoisotopic (exact) mass is 262 g/mol. The van der Waals surface area contributed by atoms with Crippen molar-refractivity contribution >= 4 is 11.6 Å². The maximum atomic E-state index is 5.82. The molecule has 1 aromatic heterocycles. The molecule has 1 heterocycles. The second kappa shape index (κ2) is 5.83. The predicted octanol–water partition coefficient (Wildman–Crippen LogP) is 3.48. The molecule has 0 aliphatic heterocycles. The first-order chi connectivity index (χ1) is 8.69. The van der Waals surface area contributed by atoms with E-state index in [9.17, 15) is 0 Å². The molecule has 1 aromatic carbocycles. The van der Waals surface area contributed by atoms with Crippen LogP contribution in [0.4, 0.5) is 0 Å². The van der Waals surface area contributed by atoms with Crippen molar-refractivity contribution in [2.45, 2.75) is 19.3 Å². The minimum atomic E-state index is 0.365. The van der Waals surface area contributed by atoms with Crippen molar-refractivity contribution in [3.63, 3.8) is 0 Å². The number of rotatable bonds is 4. The van der Waals surface area contributed by atoms with Gasteiger partial charge >= 0.3 is 0 Å². The molecule has 18 heavy (non-hydrogen) atoms. The third kappa shape index (κ3) is 3.20. The van der Waals surface area contributed by atoms with E-state index in [-0.39, 0.29) is 0 Å². The second-order valence-electron chi connectivity index (χ2n) is 4.21. The van der Waals surface area contributed by atoms with Crippen molar-refractivity contribution in [1.82, 2.24) is 9.97 Å². The van der Waals surface area contributed by atoms with Gasteiger partial charge in [0.15, 0.2) is 0 Å². The SMILES string of the molecule is COc1ccc([C@@H](C)Cc2cncc(Cl)n2)cc1. The second-order valence-corrected chi connectivity index (χ2v) is 4.60. The van der Waals surface area contributed by atoms with E-state index in [1.54, 1.807) is 19.5 Å². The van der Waals surface area contributed by atoms with E-state index < -0.39 is 0 Å². The topological polar surface area (TPSA) is 35.0 Å². The molecule has 0 saturated heterocycles. The Bertz CT molecular complexity index is 513. The molecule has 0 saturated carbocycles. The molecular weight excluding hydrogens is 248 g/mol. The molecule has 3 nitrogen and oxygen atoms in total. The first-order valence-electron chi connectivity index (χ1n) is 5.79. The number of hydrogen-bond acceptors (Lipinski definition) is 3. The first kappa shape index (κ1) is 12.8. The predicted molar refractivity (Wildman–Crippen MR) is 72.2 cm³/mol. The molecule has 2 aromatic rings. The number of aromatic nitrogens is 2. The van der Waals surface area contributed by atoms with Crippen molar-refractivity contribution in [1.29, 1.82) is 0 Å². The molecule has 4 heteroatoms. The Labute approximate surface area is 112 Å². The van der Waals surface area contributed by atoms with Gasteiger partial charge in [0.2, 0.25) is 0 Å². The van der Waals surface area contributed by atoms with E-state index in [1.807, 2.05) is 12.1 Å². The number of ether oxygens (including phenoxy) is 1. The fourth-order valence-corrected chi connectivity index (χ4v) is 2.01. The quantitative estimate of drug-likeness (QED) is 0.846. The van der Waals surface area contributed by atoms with Crippen LogP contribution in [0, 0.1) is 0 Å². The molecule has 94 valence electrons. The summed E-state index contributed by atoms with van der Waals surface area (Å²) in [5.74, 6) is 1.23. The molecule has 0 unspecified atom stereocenters. The molecule has 2 rings (SSSR count). The van der Waals surface area contributed by atoms with E-state index in [4.69, 9.17) is 16.3 Å². The maximum absolute atomic E-state index is 5.82. The summed E-state index contributed by atoms with van der Waals surface area (Å²) < 4.78 is 5.14. The lowest BCUT2D eigenvalue weighted by molar-refractivity contribution is 0.414. The highest BCUT2D eigenvalue weighted by Gasteiger charge is 2.08. The van der Waals surface area contributed by atoms with Crippen LogP contribution in [0.2, 0.25) is 5.15 Å². The van der Waals surface area contributed by atoms with Crippen molar-refractivity contribution in [3.05, 3.63) is 53.1 Å². The van der Waals surface area contributed by atoms with E-state index in [1.165, 1.54) is 5.56 Å². The van der Waals surface area contributed by atoms with E-state index in [0.717, 1.165) is 17.9 Å². The van der Waals surface area contributed by atoms with E-state index in [2.05, 4.69) is 29.0 Å². The van der Waals surface area contributed by atoms with Crippen LogP contribution < -0.4 is 4.74 Å². The van der Waals surface area contributed by atoms with E-state index in [0.29, 0.717) is 11.1 Å². The lowest BCUT2D eigenvalue weighted by Crippen LogP contribution is -2.01. The Balaban J connectivity index is 2.09. The smallest absolute Gasteiger partial charge is 0.147 e. The van der Waals surface area contributed by atoms with E-state index >= 15 is 0 Å². The molecule has 0 N–H and O–H groups in total. The summed E-state index contributed by atoms with van der Waals surface area (Å²) in [5.41, 5.74) is 2.16. The summed E-state index contributed by atoms with van der Waals surface area (Å²) in [5, 5.41) is 0.439. The first-order valence-corrected chi connectivity index (χ1v) is 6.17. The Morgan fingerprint density at radius 1 is 1.22 bits per heavy atom. The lowest BCUT2D eigenvalue weighted by atomic mass is 9.96. The van der Waals surface area contributed by atoms with Gasteiger partial charge in [0.25, 0.3) is 0 Å². The van der Waals surface area contributed by atoms with Crippen LogP contribution in [0.25, 0.3) is 0 Å². The number of hydrogen-bond donors (Lipinski definition) is 0. The average molecular weight is 263 g/mol. The van der Waals surface area contributed by atoms with Gasteiger partial charge in [0.05, 0.1) is 19.0 Å². The molecular formula is C14H15ClN2O. The number of nitrogens with zero attached hydrogens (tertiary/aromatic N) is 2. The minimum Gasteiger partial charge on any atom is -0.497 e. The Morgan fingerprint density at radius 3 is 2.56 bits per heavy atom. The maximum Gasteiger partial charge on any atom is 0.147 e.